The summed E-state index contributed by atoms with van der Waals surface area (Å²) >= 11 is 0. The molecule has 2 aromatic heterocycles. The van der Waals surface area contributed by atoms with Crippen molar-refractivity contribution < 1.29 is 36.8 Å². The minimum Gasteiger partial charge on any atom is -0.384 e. The van der Waals surface area contributed by atoms with Crippen LogP contribution >= 0.6 is 0 Å². The van der Waals surface area contributed by atoms with Crippen molar-refractivity contribution in [2.24, 2.45) is 0 Å². The predicted molar refractivity (Wildman–Crippen MR) is 121 cm³/mol. The molecule has 0 fully saturated rings. The zero-order valence-electron chi connectivity index (χ0n) is 20.0. The molecule has 0 saturated carbocycles. The first-order chi connectivity index (χ1) is 16.3. The van der Waals surface area contributed by atoms with Crippen LogP contribution in [0.5, 0.6) is 0 Å². The summed E-state index contributed by atoms with van der Waals surface area (Å²) in [7, 11) is 0. The van der Waals surface area contributed by atoms with Crippen molar-refractivity contribution in [3.8, 4) is 0 Å². The Morgan fingerprint density at radius 3 is 2.06 bits per heavy atom. The number of rotatable bonds is 4. The molecule has 1 atom stereocenters. The lowest BCUT2D eigenvalue weighted by Crippen LogP contribution is -2.29. The average molecular weight is 499 g/mol. The number of H-pyrrole nitrogens is 1. The summed E-state index contributed by atoms with van der Waals surface area (Å²) in [5.74, 6) is -1.49. The summed E-state index contributed by atoms with van der Waals surface area (Å²) < 4.78 is 61.5. The first-order valence-electron chi connectivity index (χ1n) is 10.8. The third kappa shape index (κ3) is 9.78. The van der Waals surface area contributed by atoms with Crippen LogP contribution in [0.2, 0.25) is 0 Å². The Kier molecular flexibility index (Phi) is 10.9. The Hall–Kier alpha value is -3.40. The topological polar surface area (TPSA) is 76.4 Å². The summed E-state index contributed by atoms with van der Waals surface area (Å²) in [5, 5.41) is 12.7. The predicted octanol–water partition coefficient (Wildman–Crippen LogP) is 5.62. The molecule has 3 rings (SSSR count). The van der Waals surface area contributed by atoms with Gasteiger partial charge in [0.15, 0.2) is 6.20 Å². The molecule has 3 N–H and O–H groups in total. The van der Waals surface area contributed by atoms with Crippen molar-refractivity contribution in [2.75, 3.05) is 0 Å². The lowest BCUT2D eigenvalue weighted by Gasteiger charge is -2.18. The van der Waals surface area contributed by atoms with Gasteiger partial charge in [0.25, 0.3) is 11.6 Å². The first kappa shape index (κ1) is 29.6. The number of carbonyl (C=O) groups excluding carboxylic acids is 1. The number of halogens is 5. The normalized spacial score (nSPS) is 11.9. The molecule has 1 aromatic carbocycles. The second-order valence-electron chi connectivity index (χ2n) is 7.66. The number of alkyl halides is 3. The van der Waals surface area contributed by atoms with Gasteiger partial charge in [0.1, 0.15) is 17.2 Å². The Balaban J connectivity index is 0.000000512. The van der Waals surface area contributed by atoms with E-state index in [4.69, 9.17) is 0 Å². The molecule has 0 aliphatic carbocycles. The van der Waals surface area contributed by atoms with Gasteiger partial charge < -0.3 is 10.4 Å². The van der Waals surface area contributed by atoms with Gasteiger partial charge in [-0.15, -0.1) is 0 Å². The van der Waals surface area contributed by atoms with E-state index < -0.39 is 41.1 Å². The lowest BCUT2D eigenvalue weighted by molar-refractivity contribution is -0.426. The van der Waals surface area contributed by atoms with Crippen molar-refractivity contribution >= 4 is 5.91 Å². The van der Waals surface area contributed by atoms with Crippen LogP contribution in [0.25, 0.3) is 0 Å². The molecule has 3 aromatic rings. The van der Waals surface area contributed by atoms with Gasteiger partial charge in [-0.2, -0.15) is 13.2 Å². The van der Waals surface area contributed by atoms with Crippen LogP contribution in [0, 0.1) is 11.6 Å². The summed E-state index contributed by atoms with van der Waals surface area (Å²) in [6.45, 7) is 8.77. The summed E-state index contributed by atoms with van der Waals surface area (Å²) in [6.07, 6.45) is -1.82. The molecular formula is C25H29F5N3O2+. The number of carbonyl (C=O) groups is 1. The molecule has 190 valence electrons. The van der Waals surface area contributed by atoms with Crippen molar-refractivity contribution in [2.45, 2.75) is 52.4 Å². The van der Waals surface area contributed by atoms with Gasteiger partial charge in [-0.05, 0) is 51.1 Å². The van der Waals surface area contributed by atoms with E-state index in [0.29, 0.717) is 16.8 Å². The lowest BCUT2D eigenvalue weighted by atomic mass is 10.0. The maximum absolute atomic E-state index is 12.6. The minimum absolute atomic E-state index is 0.301. The quantitative estimate of drug-likeness (QED) is 0.458. The summed E-state index contributed by atoms with van der Waals surface area (Å²) in [5.41, 5.74) is -0.910. The zero-order valence-corrected chi connectivity index (χ0v) is 20.0. The van der Waals surface area contributed by atoms with Crippen LogP contribution in [0.15, 0.2) is 60.9 Å². The Bertz CT molecular complexity index is 1060. The van der Waals surface area contributed by atoms with E-state index in [1.165, 1.54) is 48.8 Å². The number of hydrogen-bond acceptors (Lipinski definition) is 3. The number of amides is 1. The molecule has 0 unspecified atom stereocenters. The third-order valence-electron chi connectivity index (χ3n) is 4.43. The van der Waals surface area contributed by atoms with Crippen LogP contribution in [0.3, 0.4) is 0 Å². The largest absolute Gasteiger partial charge is 0.477 e. The molecular weight excluding hydrogens is 469 g/mol. The highest BCUT2D eigenvalue weighted by atomic mass is 19.4. The van der Waals surface area contributed by atoms with Gasteiger partial charge in [-0.25, -0.2) is 13.8 Å². The number of aromatic nitrogens is 2. The number of aromatic amines is 1. The van der Waals surface area contributed by atoms with Gasteiger partial charge in [-0.1, -0.05) is 19.9 Å². The molecule has 0 radical (unpaired) electrons. The molecule has 2 heterocycles. The highest BCUT2D eigenvalue weighted by Crippen LogP contribution is 2.26. The maximum atomic E-state index is 12.6. The molecule has 1 amide bonds. The Morgan fingerprint density at radius 1 is 1.03 bits per heavy atom. The number of nitrogens with one attached hydrogen (secondary N) is 2. The molecule has 0 bridgehead atoms. The zero-order chi connectivity index (χ0) is 26.8. The van der Waals surface area contributed by atoms with E-state index in [1.807, 2.05) is 13.8 Å². The molecule has 0 aliphatic heterocycles. The Morgan fingerprint density at radius 2 is 1.63 bits per heavy atom. The van der Waals surface area contributed by atoms with E-state index in [2.05, 4.69) is 15.3 Å². The molecule has 5 nitrogen and oxygen atoms in total. The fraction of sp³-hybridized carbons (Fsp3) is 0.320. The van der Waals surface area contributed by atoms with E-state index in [9.17, 15) is 31.9 Å². The second kappa shape index (κ2) is 12.9. The fourth-order valence-corrected chi connectivity index (χ4v) is 2.61. The monoisotopic (exact) mass is 498 g/mol. The van der Waals surface area contributed by atoms with Crippen LogP contribution in [-0.2, 0) is 11.8 Å². The highest BCUT2D eigenvalue weighted by Gasteiger charge is 2.37. The minimum atomic E-state index is -4.45. The van der Waals surface area contributed by atoms with Crippen molar-refractivity contribution in [3.63, 3.8) is 0 Å². The van der Waals surface area contributed by atoms with Crippen molar-refractivity contribution in [3.05, 3.63) is 95.1 Å². The smallest absolute Gasteiger partial charge is 0.384 e. The average Bonchev–Trinajstić information content (AvgIpc) is 2.79. The first-order valence-corrected chi connectivity index (χ1v) is 10.8. The SMILES string of the molecule is CC.C[C@@H](NC(=O)c1ccnc(C(C)(C)O)c1)c1ccc(C(F)(F)F)[nH+]c1.Fc1cccc(F)c1. The van der Waals surface area contributed by atoms with Gasteiger partial charge in [0, 0.05) is 29.5 Å². The second-order valence-corrected chi connectivity index (χ2v) is 7.66. The third-order valence-corrected chi connectivity index (χ3v) is 4.43. The standard InChI is InChI=1S/C17H18F3N3O2.C6H4F2.C2H6/c1-10(12-4-5-13(22-9-12)17(18,19)20)23-15(24)11-6-7-21-14(8-11)16(2,3)25;7-5-2-1-3-6(8)4-5;1-2/h4-10,25H,1-3H3,(H,23,24);1-4H;1-2H3/p+1/t10-;;/m1../s1. The van der Waals surface area contributed by atoms with Crippen LogP contribution in [0.4, 0.5) is 22.0 Å². The maximum Gasteiger partial charge on any atom is 0.477 e. The highest BCUT2D eigenvalue weighted by molar-refractivity contribution is 5.94. The van der Waals surface area contributed by atoms with Crippen LogP contribution < -0.4 is 10.3 Å². The number of hydrogen-bond donors (Lipinski definition) is 2. The van der Waals surface area contributed by atoms with Crippen LogP contribution in [0.1, 0.15) is 68.0 Å². The van der Waals surface area contributed by atoms with E-state index in [0.717, 1.165) is 12.1 Å². The van der Waals surface area contributed by atoms with Crippen molar-refractivity contribution in [1.29, 1.82) is 0 Å². The summed E-state index contributed by atoms with van der Waals surface area (Å²) in [4.78, 5) is 18.5. The van der Waals surface area contributed by atoms with Crippen molar-refractivity contribution in [1.82, 2.24) is 10.3 Å². The number of benzene rings is 1. The number of aliphatic hydroxyl groups is 1. The van der Waals surface area contributed by atoms with Gasteiger partial charge in [-0.3, -0.25) is 9.78 Å². The molecule has 35 heavy (non-hydrogen) atoms. The number of pyridine rings is 2. The van der Waals surface area contributed by atoms with Gasteiger partial charge in [0.05, 0.1) is 11.7 Å². The molecule has 0 aliphatic rings. The van der Waals surface area contributed by atoms with E-state index in [-0.39, 0.29) is 0 Å². The van der Waals surface area contributed by atoms with E-state index >= 15 is 0 Å². The Labute approximate surface area is 201 Å². The molecule has 0 saturated heterocycles. The fourth-order valence-electron chi connectivity index (χ4n) is 2.61. The van der Waals surface area contributed by atoms with Gasteiger partial charge in [0.2, 0.25) is 0 Å². The number of nitrogens with zero attached hydrogens (tertiary/aromatic N) is 1. The molecule has 0 spiro atoms. The van der Waals surface area contributed by atoms with E-state index in [1.54, 1.807) is 20.8 Å². The van der Waals surface area contributed by atoms with Gasteiger partial charge >= 0.3 is 6.18 Å². The van der Waals surface area contributed by atoms with Crippen LogP contribution in [-0.4, -0.2) is 16.0 Å². The summed E-state index contributed by atoms with van der Waals surface area (Å²) in [6, 6.07) is 9.24. The molecule has 10 heteroatoms.